The van der Waals surface area contributed by atoms with Crippen LogP contribution in [-0.2, 0) is 6.42 Å². The monoisotopic (exact) mass is 193 g/mol. The van der Waals surface area contributed by atoms with Gasteiger partial charge in [-0.1, -0.05) is 0 Å². The molecule has 0 aliphatic heterocycles. The number of nitrogens with two attached hydrogens (primary N) is 1. The van der Waals surface area contributed by atoms with Crippen molar-refractivity contribution in [3.63, 3.8) is 0 Å². The van der Waals surface area contributed by atoms with E-state index in [1.54, 1.807) is 17.7 Å². The maximum absolute atomic E-state index is 5.50. The highest BCUT2D eigenvalue weighted by atomic mass is 32.1. The number of aryl methyl sites for hydroxylation is 1. The molecule has 13 heavy (non-hydrogen) atoms. The molecule has 0 spiro atoms. The summed E-state index contributed by atoms with van der Waals surface area (Å²) in [4.78, 5) is 8.47. The second-order valence-electron chi connectivity index (χ2n) is 2.96. The molecule has 0 aliphatic rings. The van der Waals surface area contributed by atoms with E-state index in [2.05, 4.69) is 22.3 Å². The van der Waals surface area contributed by atoms with Gasteiger partial charge in [-0.05, 0) is 24.4 Å². The Morgan fingerprint density at radius 2 is 2.31 bits per heavy atom. The van der Waals surface area contributed by atoms with Gasteiger partial charge in [0.2, 0.25) is 0 Å². The zero-order valence-electron chi connectivity index (χ0n) is 7.45. The standard InChI is InChI=1S/C9H11N3S/c1-6-4-13-9-7(2-3-10)11-5-12-8(6)9/h4-5H,2-3,10H2,1H3. The van der Waals surface area contributed by atoms with E-state index in [0.29, 0.717) is 6.54 Å². The van der Waals surface area contributed by atoms with Crippen molar-refractivity contribution in [1.82, 2.24) is 9.97 Å². The van der Waals surface area contributed by atoms with Crippen LogP contribution in [0.3, 0.4) is 0 Å². The number of hydrogen-bond donors (Lipinski definition) is 1. The Bertz CT molecular complexity index is 422. The van der Waals surface area contributed by atoms with Gasteiger partial charge in [-0.2, -0.15) is 0 Å². The number of fused-ring (bicyclic) bond motifs is 1. The lowest BCUT2D eigenvalue weighted by Gasteiger charge is -1.98. The van der Waals surface area contributed by atoms with Gasteiger partial charge in [-0.15, -0.1) is 11.3 Å². The summed E-state index contributed by atoms with van der Waals surface area (Å²) in [7, 11) is 0. The lowest BCUT2D eigenvalue weighted by atomic mass is 10.2. The molecule has 0 bridgehead atoms. The first kappa shape index (κ1) is 8.59. The molecule has 0 saturated carbocycles. The fourth-order valence-electron chi connectivity index (χ4n) is 1.33. The van der Waals surface area contributed by atoms with Crippen LogP contribution in [0.1, 0.15) is 11.3 Å². The topological polar surface area (TPSA) is 51.8 Å². The van der Waals surface area contributed by atoms with Crippen LogP contribution in [0.5, 0.6) is 0 Å². The van der Waals surface area contributed by atoms with Crippen molar-refractivity contribution in [2.75, 3.05) is 6.54 Å². The molecule has 3 nitrogen and oxygen atoms in total. The van der Waals surface area contributed by atoms with Crippen LogP contribution in [0.15, 0.2) is 11.7 Å². The zero-order valence-corrected chi connectivity index (χ0v) is 8.27. The highest BCUT2D eigenvalue weighted by molar-refractivity contribution is 7.17. The van der Waals surface area contributed by atoms with E-state index in [0.717, 1.165) is 17.6 Å². The fraction of sp³-hybridized carbons (Fsp3) is 0.333. The minimum atomic E-state index is 0.642. The Morgan fingerprint density at radius 3 is 3.08 bits per heavy atom. The van der Waals surface area contributed by atoms with Gasteiger partial charge in [-0.25, -0.2) is 9.97 Å². The minimum Gasteiger partial charge on any atom is -0.330 e. The first-order chi connectivity index (χ1) is 6.33. The molecule has 2 N–H and O–H groups in total. The van der Waals surface area contributed by atoms with Crippen molar-refractivity contribution >= 4 is 21.6 Å². The van der Waals surface area contributed by atoms with Crippen molar-refractivity contribution in [3.05, 3.63) is 23.0 Å². The molecule has 0 unspecified atom stereocenters. The average molecular weight is 193 g/mol. The third-order valence-electron chi connectivity index (χ3n) is 1.99. The molecule has 0 atom stereocenters. The van der Waals surface area contributed by atoms with Crippen LogP contribution >= 0.6 is 11.3 Å². The summed E-state index contributed by atoms with van der Waals surface area (Å²) in [5.74, 6) is 0. The quantitative estimate of drug-likeness (QED) is 0.786. The third-order valence-corrected chi connectivity index (χ3v) is 3.12. The largest absolute Gasteiger partial charge is 0.330 e. The lowest BCUT2D eigenvalue weighted by molar-refractivity contribution is 0.928. The summed E-state index contributed by atoms with van der Waals surface area (Å²) in [6.45, 7) is 2.71. The number of hydrogen-bond acceptors (Lipinski definition) is 4. The van der Waals surface area contributed by atoms with E-state index in [-0.39, 0.29) is 0 Å². The van der Waals surface area contributed by atoms with Crippen molar-refractivity contribution in [3.8, 4) is 0 Å². The SMILES string of the molecule is Cc1csc2c(CCN)ncnc12. The smallest absolute Gasteiger partial charge is 0.116 e. The molecular formula is C9H11N3S. The van der Waals surface area contributed by atoms with Crippen molar-refractivity contribution < 1.29 is 0 Å². The second-order valence-corrected chi connectivity index (χ2v) is 3.84. The Morgan fingerprint density at radius 1 is 1.46 bits per heavy atom. The predicted molar refractivity (Wildman–Crippen MR) is 54.9 cm³/mol. The Hall–Kier alpha value is -1.00. The van der Waals surface area contributed by atoms with Gasteiger partial charge in [0.15, 0.2) is 0 Å². The van der Waals surface area contributed by atoms with E-state index in [4.69, 9.17) is 5.73 Å². The van der Waals surface area contributed by atoms with Crippen molar-refractivity contribution in [1.29, 1.82) is 0 Å². The summed E-state index contributed by atoms with van der Waals surface area (Å²) in [5.41, 5.74) is 8.87. The normalized spacial score (nSPS) is 10.9. The number of nitrogens with zero attached hydrogens (tertiary/aromatic N) is 2. The summed E-state index contributed by atoms with van der Waals surface area (Å²) in [5, 5.41) is 2.11. The first-order valence-corrected chi connectivity index (χ1v) is 5.08. The predicted octanol–water partition coefficient (Wildman–Crippen LogP) is 1.50. The fourth-order valence-corrected chi connectivity index (χ4v) is 2.36. The maximum Gasteiger partial charge on any atom is 0.116 e. The van der Waals surface area contributed by atoms with Gasteiger partial charge in [0, 0.05) is 6.42 Å². The summed E-state index contributed by atoms with van der Waals surface area (Å²) < 4.78 is 1.19. The molecule has 2 aromatic heterocycles. The Kier molecular flexibility index (Phi) is 2.24. The molecule has 0 radical (unpaired) electrons. The summed E-state index contributed by atoms with van der Waals surface area (Å²) in [6.07, 6.45) is 2.45. The first-order valence-electron chi connectivity index (χ1n) is 4.20. The van der Waals surface area contributed by atoms with Crippen LogP contribution in [0.4, 0.5) is 0 Å². The molecule has 2 aromatic rings. The van der Waals surface area contributed by atoms with Crippen LogP contribution < -0.4 is 5.73 Å². The van der Waals surface area contributed by atoms with Gasteiger partial charge >= 0.3 is 0 Å². The van der Waals surface area contributed by atoms with Crippen LogP contribution in [0, 0.1) is 6.92 Å². The lowest BCUT2D eigenvalue weighted by Crippen LogP contribution is -2.04. The highest BCUT2D eigenvalue weighted by Gasteiger charge is 2.06. The summed E-state index contributed by atoms with van der Waals surface area (Å²) in [6, 6.07) is 0. The molecule has 2 heterocycles. The molecule has 0 amide bonds. The number of rotatable bonds is 2. The molecule has 0 aromatic carbocycles. The summed E-state index contributed by atoms with van der Waals surface area (Å²) >= 11 is 1.70. The van der Waals surface area contributed by atoms with Gasteiger partial charge < -0.3 is 5.73 Å². The maximum atomic E-state index is 5.50. The molecule has 0 saturated heterocycles. The molecule has 0 fully saturated rings. The van der Waals surface area contributed by atoms with E-state index < -0.39 is 0 Å². The molecule has 0 aliphatic carbocycles. The van der Waals surface area contributed by atoms with E-state index in [9.17, 15) is 0 Å². The zero-order chi connectivity index (χ0) is 9.26. The third kappa shape index (κ3) is 1.43. The molecule has 68 valence electrons. The highest BCUT2D eigenvalue weighted by Crippen LogP contribution is 2.25. The van der Waals surface area contributed by atoms with E-state index >= 15 is 0 Å². The second kappa shape index (κ2) is 3.40. The van der Waals surface area contributed by atoms with Gasteiger partial charge in [-0.3, -0.25) is 0 Å². The average Bonchev–Trinajstić information content (AvgIpc) is 2.50. The molecule has 4 heteroatoms. The number of aromatic nitrogens is 2. The van der Waals surface area contributed by atoms with E-state index in [1.807, 2.05) is 0 Å². The van der Waals surface area contributed by atoms with Crippen molar-refractivity contribution in [2.24, 2.45) is 5.73 Å². The van der Waals surface area contributed by atoms with Crippen LogP contribution in [0.2, 0.25) is 0 Å². The van der Waals surface area contributed by atoms with Gasteiger partial charge in [0.25, 0.3) is 0 Å². The van der Waals surface area contributed by atoms with Crippen LogP contribution in [0.25, 0.3) is 10.2 Å². The Labute approximate surface area is 80.6 Å². The minimum absolute atomic E-state index is 0.642. The molecular weight excluding hydrogens is 182 g/mol. The Balaban J connectivity index is 2.63. The van der Waals surface area contributed by atoms with Crippen LogP contribution in [-0.4, -0.2) is 16.5 Å². The number of thiophene rings is 1. The van der Waals surface area contributed by atoms with Gasteiger partial charge in [0.1, 0.15) is 6.33 Å². The van der Waals surface area contributed by atoms with E-state index in [1.165, 1.54) is 10.3 Å². The van der Waals surface area contributed by atoms with Gasteiger partial charge in [0.05, 0.1) is 15.9 Å². The molecule has 2 rings (SSSR count). The van der Waals surface area contributed by atoms with Crippen molar-refractivity contribution in [2.45, 2.75) is 13.3 Å².